The quantitative estimate of drug-likeness (QED) is 0.893. The molecule has 0 bridgehead atoms. The maximum atomic E-state index is 4.66. The van der Waals surface area contributed by atoms with Crippen molar-refractivity contribution in [3.63, 3.8) is 0 Å². The topological polar surface area (TPSA) is 42.2 Å². The van der Waals surface area contributed by atoms with E-state index in [0.717, 1.165) is 29.4 Å². The highest BCUT2D eigenvalue weighted by Gasteiger charge is 2.19. The van der Waals surface area contributed by atoms with Gasteiger partial charge in [0.05, 0.1) is 5.69 Å². The molecule has 0 aromatic carbocycles. The van der Waals surface area contributed by atoms with E-state index in [9.17, 15) is 0 Å². The summed E-state index contributed by atoms with van der Waals surface area (Å²) >= 11 is 0. The van der Waals surface area contributed by atoms with Crippen LogP contribution in [0.4, 0.5) is 5.82 Å². The van der Waals surface area contributed by atoms with Gasteiger partial charge >= 0.3 is 0 Å². The van der Waals surface area contributed by atoms with Gasteiger partial charge in [-0.2, -0.15) is 5.10 Å². The van der Waals surface area contributed by atoms with Gasteiger partial charge in [-0.3, -0.25) is 0 Å². The highest BCUT2D eigenvalue weighted by Crippen LogP contribution is 2.25. The summed E-state index contributed by atoms with van der Waals surface area (Å²) in [6.45, 7) is 13.3. The van der Waals surface area contributed by atoms with E-state index < -0.39 is 0 Å². The summed E-state index contributed by atoms with van der Waals surface area (Å²) in [5, 5.41) is 8.20. The monoisotopic (exact) mass is 288 g/mol. The standard InChI is InChI=1S/C17H28N4/c1-12(2)7-8-13(3)19-16-14-11-15(17(4,5)6)20-21(14)10-9-18-16/h9-13H,7-8H2,1-6H3,(H,18,19). The molecule has 1 atom stereocenters. The predicted molar refractivity (Wildman–Crippen MR) is 88.8 cm³/mol. The molecule has 0 spiro atoms. The van der Waals surface area contributed by atoms with Gasteiger partial charge in [0.15, 0.2) is 5.82 Å². The molecule has 0 amide bonds. The Morgan fingerprint density at radius 1 is 1.19 bits per heavy atom. The lowest BCUT2D eigenvalue weighted by Crippen LogP contribution is -2.17. The number of nitrogens with one attached hydrogen (secondary N) is 1. The van der Waals surface area contributed by atoms with Gasteiger partial charge in [0, 0.05) is 23.9 Å². The van der Waals surface area contributed by atoms with Crippen LogP contribution in [0.5, 0.6) is 0 Å². The molecule has 0 aliphatic heterocycles. The first kappa shape index (κ1) is 15.8. The summed E-state index contributed by atoms with van der Waals surface area (Å²) in [7, 11) is 0. The van der Waals surface area contributed by atoms with Crippen LogP contribution >= 0.6 is 0 Å². The fraction of sp³-hybridized carbons (Fsp3) is 0.647. The van der Waals surface area contributed by atoms with Crippen molar-refractivity contribution in [2.45, 2.75) is 65.8 Å². The fourth-order valence-electron chi connectivity index (χ4n) is 2.29. The van der Waals surface area contributed by atoms with Crippen molar-refractivity contribution in [2.75, 3.05) is 5.32 Å². The zero-order chi connectivity index (χ0) is 15.6. The highest BCUT2D eigenvalue weighted by molar-refractivity contribution is 5.68. The van der Waals surface area contributed by atoms with Crippen LogP contribution in [0, 0.1) is 5.92 Å². The van der Waals surface area contributed by atoms with Gasteiger partial charge < -0.3 is 5.32 Å². The van der Waals surface area contributed by atoms with Crippen LogP contribution in [0.25, 0.3) is 5.52 Å². The second kappa shape index (κ2) is 6.04. The largest absolute Gasteiger partial charge is 0.366 e. The fourth-order valence-corrected chi connectivity index (χ4v) is 2.29. The van der Waals surface area contributed by atoms with Crippen molar-refractivity contribution in [3.05, 3.63) is 24.2 Å². The molecule has 2 rings (SSSR count). The van der Waals surface area contributed by atoms with Gasteiger partial charge in [0.2, 0.25) is 0 Å². The van der Waals surface area contributed by atoms with E-state index in [-0.39, 0.29) is 5.41 Å². The van der Waals surface area contributed by atoms with E-state index in [2.05, 4.69) is 63.0 Å². The summed E-state index contributed by atoms with van der Waals surface area (Å²) in [6.07, 6.45) is 6.10. The minimum absolute atomic E-state index is 0.0482. The third-order valence-electron chi connectivity index (χ3n) is 3.72. The van der Waals surface area contributed by atoms with E-state index in [0.29, 0.717) is 6.04 Å². The molecule has 1 unspecified atom stereocenters. The molecular formula is C17H28N4. The normalized spacial score (nSPS) is 13.9. The van der Waals surface area contributed by atoms with Gasteiger partial charge in [-0.15, -0.1) is 0 Å². The minimum atomic E-state index is 0.0482. The maximum Gasteiger partial charge on any atom is 0.152 e. The van der Waals surface area contributed by atoms with Gasteiger partial charge in [-0.1, -0.05) is 34.6 Å². The summed E-state index contributed by atoms with van der Waals surface area (Å²) in [4.78, 5) is 4.50. The first-order valence-corrected chi connectivity index (χ1v) is 7.89. The third kappa shape index (κ3) is 3.96. The molecule has 116 valence electrons. The molecule has 0 saturated heterocycles. The summed E-state index contributed by atoms with van der Waals surface area (Å²) < 4.78 is 1.92. The van der Waals surface area contributed by atoms with Crippen LogP contribution < -0.4 is 5.32 Å². The second-order valence-electron chi connectivity index (χ2n) is 7.40. The third-order valence-corrected chi connectivity index (χ3v) is 3.72. The average Bonchev–Trinajstić information content (AvgIpc) is 2.81. The van der Waals surface area contributed by atoms with Crippen molar-refractivity contribution < 1.29 is 0 Å². The average molecular weight is 288 g/mol. The lowest BCUT2D eigenvalue weighted by Gasteiger charge is -2.16. The first-order chi connectivity index (χ1) is 9.77. The first-order valence-electron chi connectivity index (χ1n) is 7.89. The Morgan fingerprint density at radius 2 is 1.90 bits per heavy atom. The molecule has 1 N–H and O–H groups in total. The molecule has 0 radical (unpaired) electrons. The smallest absolute Gasteiger partial charge is 0.152 e. The van der Waals surface area contributed by atoms with E-state index in [1.54, 1.807) is 0 Å². The number of fused-ring (bicyclic) bond motifs is 1. The molecule has 2 heterocycles. The summed E-state index contributed by atoms with van der Waals surface area (Å²) in [6, 6.07) is 2.56. The predicted octanol–water partition coefficient (Wildman–Crippen LogP) is 4.26. The Hall–Kier alpha value is -1.58. The SMILES string of the molecule is CC(C)CCC(C)Nc1nccn2nc(C(C)(C)C)cc12. The van der Waals surface area contributed by atoms with Crippen LogP contribution in [0.2, 0.25) is 0 Å². The van der Waals surface area contributed by atoms with Crippen molar-refractivity contribution >= 4 is 11.3 Å². The van der Waals surface area contributed by atoms with Gasteiger partial charge in [-0.25, -0.2) is 9.50 Å². The number of anilines is 1. The van der Waals surface area contributed by atoms with E-state index in [4.69, 9.17) is 0 Å². The lowest BCUT2D eigenvalue weighted by molar-refractivity contribution is 0.527. The van der Waals surface area contributed by atoms with Crippen molar-refractivity contribution in [3.8, 4) is 0 Å². The van der Waals surface area contributed by atoms with Gasteiger partial charge in [0.25, 0.3) is 0 Å². The Labute approximate surface area is 128 Å². The number of aromatic nitrogens is 3. The zero-order valence-electron chi connectivity index (χ0n) is 14.1. The Bertz CT molecular complexity index is 592. The summed E-state index contributed by atoms with van der Waals surface area (Å²) in [5.74, 6) is 1.66. The molecule has 4 nitrogen and oxygen atoms in total. The van der Waals surface area contributed by atoms with E-state index in [1.165, 1.54) is 6.42 Å². The molecule has 21 heavy (non-hydrogen) atoms. The van der Waals surface area contributed by atoms with Crippen LogP contribution in [-0.2, 0) is 5.41 Å². The van der Waals surface area contributed by atoms with Crippen molar-refractivity contribution in [2.24, 2.45) is 5.92 Å². The Kier molecular flexibility index (Phi) is 4.55. The minimum Gasteiger partial charge on any atom is -0.366 e. The molecule has 2 aromatic rings. The molecule has 0 aliphatic rings. The number of hydrogen-bond acceptors (Lipinski definition) is 3. The van der Waals surface area contributed by atoms with Crippen LogP contribution in [0.3, 0.4) is 0 Å². The van der Waals surface area contributed by atoms with E-state index >= 15 is 0 Å². The molecule has 0 fully saturated rings. The van der Waals surface area contributed by atoms with Crippen LogP contribution in [-0.4, -0.2) is 20.6 Å². The molecule has 0 aliphatic carbocycles. The van der Waals surface area contributed by atoms with Crippen LogP contribution in [0.15, 0.2) is 18.5 Å². The second-order valence-corrected chi connectivity index (χ2v) is 7.40. The van der Waals surface area contributed by atoms with Crippen LogP contribution in [0.1, 0.15) is 60.1 Å². The van der Waals surface area contributed by atoms with Gasteiger partial charge in [0.1, 0.15) is 5.52 Å². The summed E-state index contributed by atoms with van der Waals surface area (Å²) in [5.41, 5.74) is 2.19. The van der Waals surface area contributed by atoms with Crippen molar-refractivity contribution in [1.29, 1.82) is 0 Å². The molecule has 4 heteroatoms. The Morgan fingerprint density at radius 3 is 2.52 bits per heavy atom. The van der Waals surface area contributed by atoms with Crippen molar-refractivity contribution in [1.82, 2.24) is 14.6 Å². The molecular weight excluding hydrogens is 260 g/mol. The van der Waals surface area contributed by atoms with E-state index in [1.807, 2.05) is 16.9 Å². The van der Waals surface area contributed by atoms with Gasteiger partial charge in [-0.05, 0) is 31.7 Å². The molecule has 0 saturated carbocycles. The number of hydrogen-bond donors (Lipinski definition) is 1. The molecule has 2 aromatic heterocycles. The lowest BCUT2D eigenvalue weighted by atomic mass is 9.92. The Balaban J connectivity index is 2.22. The zero-order valence-corrected chi connectivity index (χ0v) is 14.1. The highest BCUT2D eigenvalue weighted by atomic mass is 15.2. The number of rotatable bonds is 5. The number of nitrogens with zero attached hydrogens (tertiary/aromatic N) is 3. The maximum absolute atomic E-state index is 4.66.